The molecule has 0 aliphatic carbocycles. The Morgan fingerprint density at radius 1 is 1.15 bits per heavy atom. The lowest BCUT2D eigenvalue weighted by Crippen LogP contribution is -2.14. The highest BCUT2D eigenvalue weighted by Crippen LogP contribution is 2.34. The zero-order chi connectivity index (χ0) is 17.9. The van der Waals surface area contributed by atoms with Gasteiger partial charge in [0.05, 0.1) is 10.9 Å². The number of amides is 1. The van der Waals surface area contributed by atoms with E-state index in [9.17, 15) is 9.59 Å². The number of aromatic amines is 1. The fourth-order valence-electron chi connectivity index (χ4n) is 2.87. The average molecular weight is 351 g/mol. The SMILES string of the molecule is O=C(CCCc1nc2ccccc2c(=O)[nH]1)Nc1ccc2c(c1)OCO2. The van der Waals surface area contributed by atoms with Crippen LogP contribution in [-0.2, 0) is 11.2 Å². The molecule has 3 aromatic rings. The lowest BCUT2D eigenvalue weighted by molar-refractivity contribution is -0.116. The Bertz CT molecular complexity index is 1030. The van der Waals surface area contributed by atoms with Gasteiger partial charge in [-0.05, 0) is 30.7 Å². The molecule has 4 rings (SSSR count). The topological polar surface area (TPSA) is 93.3 Å². The summed E-state index contributed by atoms with van der Waals surface area (Å²) in [6, 6.07) is 12.5. The molecule has 0 radical (unpaired) electrons. The van der Waals surface area contributed by atoms with Crippen molar-refractivity contribution in [2.45, 2.75) is 19.3 Å². The Morgan fingerprint density at radius 3 is 2.92 bits per heavy atom. The first kappa shape index (κ1) is 16.1. The molecule has 132 valence electrons. The van der Waals surface area contributed by atoms with Gasteiger partial charge in [-0.25, -0.2) is 4.98 Å². The second-order valence-corrected chi connectivity index (χ2v) is 6.00. The van der Waals surface area contributed by atoms with Gasteiger partial charge in [-0.1, -0.05) is 12.1 Å². The van der Waals surface area contributed by atoms with Crippen molar-refractivity contribution < 1.29 is 14.3 Å². The fraction of sp³-hybridized carbons (Fsp3) is 0.211. The zero-order valence-corrected chi connectivity index (χ0v) is 14.0. The summed E-state index contributed by atoms with van der Waals surface area (Å²) in [7, 11) is 0. The first-order valence-electron chi connectivity index (χ1n) is 8.36. The van der Waals surface area contributed by atoms with Crippen molar-refractivity contribution in [2.24, 2.45) is 0 Å². The minimum atomic E-state index is -0.157. The van der Waals surface area contributed by atoms with Gasteiger partial charge in [-0.2, -0.15) is 0 Å². The number of anilines is 1. The smallest absolute Gasteiger partial charge is 0.258 e. The number of carbonyl (C=O) groups is 1. The molecular weight excluding hydrogens is 334 g/mol. The van der Waals surface area contributed by atoms with Gasteiger partial charge >= 0.3 is 0 Å². The largest absolute Gasteiger partial charge is 0.454 e. The minimum Gasteiger partial charge on any atom is -0.454 e. The molecule has 0 unspecified atom stereocenters. The standard InChI is InChI=1S/C19H17N3O4/c23-18(20-12-8-9-15-16(10-12)26-11-25-15)7-3-6-17-21-14-5-2-1-4-13(14)19(24)22-17/h1-2,4-5,8-10H,3,6-7,11H2,(H,20,23)(H,21,22,24). The quantitative estimate of drug-likeness (QED) is 0.737. The van der Waals surface area contributed by atoms with Crippen molar-refractivity contribution >= 4 is 22.5 Å². The van der Waals surface area contributed by atoms with Crippen LogP contribution in [0, 0.1) is 0 Å². The fourth-order valence-corrected chi connectivity index (χ4v) is 2.87. The summed E-state index contributed by atoms with van der Waals surface area (Å²) in [5, 5.41) is 3.40. The van der Waals surface area contributed by atoms with E-state index < -0.39 is 0 Å². The van der Waals surface area contributed by atoms with Crippen LogP contribution in [0.2, 0.25) is 0 Å². The molecule has 2 heterocycles. The molecular formula is C19H17N3O4. The third-order valence-electron chi connectivity index (χ3n) is 4.14. The molecule has 1 aromatic heterocycles. The number of hydrogen-bond acceptors (Lipinski definition) is 5. The number of hydrogen-bond donors (Lipinski definition) is 2. The molecule has 0 atom stereocenters. The van der Waals surface area contributed by atoms with E-state index in [1.165, 1.54) is 0 Å². The molecule has 0 spiro atoms. The molecule has 1 amide bonds. The number of H-pyrrole nitrogens is 1. The normalized spacial score (nSPS) is 12.3. The van der Waals surface area contributed by atoms with Gasteiger partial charge in [0, 0.05) is 24.6 Å². The van der Waals surface area contributed by atoms with E-state index >= 15 is 0 Å². The second kappa shape index (κ2) is 6.87. The average Bonchev–Trinajstić information content (AvgIpc) is 3.09. The molecule has 1 aliphatic heterocycles. The number of carbonyl (C=O) groups excluding carboxylic acids is 1. The van der Waals surface area contributed by atoms with E-state index in [0.717, 1.165) is 0 Å². The highest BCUT2D eigenvalue weighted by Gasteiger charge is 2.14. The number of rotatable bonds is 5. The minimum absolute atomic E-state index is 0.105. The van der Waals surface area contributed by atoms with Crippen LogP contribution in [0.15, 0.2) is 47.3 Å². The highest BCUT2D eigenvalue weighted by atomic mass is 16.7. The van der Waals surface area contributed by atoms with Gasteiger partial charge < -0.3 is 19.8 Å². The number of ether oxygens (including phenoxy) is 2. The van der Waals surface area contributed by atoms with Crippen molar-refractivity contribution in [3.8, 4) is 11.5 Å². The predicted molar refractivity (Wildman–Crippen MR) is 96.5 cm³/mol. The number of nitrogens with zero attached hydrogens (tertiary/aromatic N) is 1. The Morgan fingerprint density at radius 2 is 2.00 bits per heavy atom. The maximum atomic E-state index is 12.1. The number of aromatic nitrogens is 2. The molecule has 7 heteroatoms. The van der Waals surface area contributed by atoms with Gasteiger partial charge in [0.15, 0.2) is 11.5 Å². The van der Waals surface area contributed by atoms with Crippen LogP contribution in [0.3, 0.4) is 0 Å². The van der Waals surface area contributed by atoms with Crippen molar-refractivity contribution in [1.82, 2.24) is 9.97 Å². The summed E-state index contributed by atoms with van der Waals surface area (Å²) < 4.78 is 10.5. The van der Waals surface area contributed by atoms with E-state index in [0.29, 0.717) is 53.2 Å². The predicted octanol–water partition coefficient (Wildman–Crippen LogP) is 2.61. The lowest BCUT2D eigenvalue weighted by Gasteiger charge is -2.06. The van der Waals surface area contributed by atoms with E-state index in [1.807, 2.05) is 6.07 Å². The summed E-state index contributed by atoms with van der Waals surface area (Å²) >= 11 is 0. The maximum Gasteiger partial charge on any atom is 0.258 e. The number of fused-ring (bicyclic) bond motifs is 2. The van der Waals surface area contributed by atoms with Gasteiger partial charge in [-0.3, -0.25) is 9.59 Å². The highest BCUT2D eigenvalue weighted by molar-refractivity contribution is 5.91. The Balaban J connectivity index is 1.34. The van der Waals surface area contributed by atoms with Crippen LogP contribution in [0.5, 0.6) is 11.5 Å². The van der Waals surface area contributed by atoms with Gasteiger partial charge in [-0.15, -0.1) is 0 Å². The van der Waals surface area contributed by atoms with Gasteiger partial charge in [0.1, 0.15) is 5.82 Å². The van der Waals surface area contributed by atoms with Crippen LogP contribution in [-0.4, -0.2) is 22.7 Å². The molecule has 26 heavy (non-hydrogen) atoms. The van der Waals surface area contributed by atoms with E-state index in [4.69, 9.17) is 9.47 Å². The van der Waals surface area contributed by atoms with Crippen LogP contribution in [0.4, 0.5) is 5.69 Å². The molecule has 2 aromatic carbocycles. The first-order chi connectivity index (χ1) is 12.7. The molecule has 1 aliphatic rings. The zero-order valence-electron chi connectivity index (χ0n) is 14.0. The van der Waals surface area contributed by atoms with Crippen molar-refractivity contribution in [3.63, 3.8) is 0 Å². The van der Waals surface area contributed by atoms with E-state index in [2.05, 4.69) is 15.3 Å². The van der Waals surface area contributed by atoms with Crippen LogP contribution in [0.25, 0.3) is 10.9 Å². The van der Waals surface area contributed by atoms with Crippen LogP contribution >= 0.6 is 0 Å². The van der Waals surface area contributed by atoms with E-state index in [1.54, 1.807) is 36.4 Å². The molecule has 0 saturated heterocycles. The van der Waals surface area contributed by atoms with Gasteiger partial charge in [0.2, 0.25) is 12.7 Å². The Labute approximate surface area is 149 Å². The second-order valence-electron chi connectivity index (χ2n) is 6.00. The lowest BCUT2D eigenvalue weighted by atomic mass is 10.2. The molecule has 0 bridgehead atoms. The Hall–Kier alpha value is -3.35. The van der Waals surface area contributed by atoms with E-state index in [-0.39, 0.29) is 18.3 Å². The number of nitrogens with one attached hydrogen (secondary N) is 2. The first-order valence-corrected chi connectivity index (χ1v) is 8.36. The Kier molecular flexibility index (Phi) is 4.27. The van der Waals surface area contributed by atoms with Crippen LogP contribution in [0.1, 0.15) is 18.7 Å². The summed E-state index contributed by atoms with van der Waals surface area (Å²) in [5.41, 5.74) is 1.17. The summed E-state index contributed by atoms with van der Waals surface area (Å²) in [6.45, 7) is 0.198. The monoisotopic (exact) mass is 351 g/mol. The number of aryl methyl sites for hydroxylation is 1. The number of benzene rings is 2. The van der Waals surface area contributed by atoms with Crippen molar-refractivity contribution in [1.29, 1.82) is 0 Å². The summed E-state index contributed by atoms with van der Waals surface area (Å²) in [4.78, 5) is 31.4. The summed E-state index contributed by atoms with van der Waals surface area (Å²) in [5.74, 6) is 1.78. The summed E-state index contributed by atoms with van der Waals surface area (Å²) in [6.07, 6.45) is 1.43. The van der Waals surface area contributed by atoms with Crippen LogP contribution < -0.4 is 20.3 Å². The molecule has 0 fully saturated rings. The van der Waals surface area contributed by atoms with Crippen molar-refractivity contribution in [2.75, 3.05) is 12.1 Å². The maximum absolute atomic E-state index is 12.1. The molecule has 2 N–H and O–H groups in total. The molecule has 0 saturated carbocycles. The third-order valence-corrected chi connectivity index (χ3v) is 4.14. The molecule has 7 nitrogen and oxygen atoms in total. The number of para-hydroxylation sites is 1. The van der Waals surface area contributed by atoms with Gasteiger partial charge in [0.25, 0.3) is 5.56 Å². The third kappa shape index (κ3) is 3.37. The van der Waals surface area contributed by atoms with Crippen molar-refractivity contribution in [3.05, 3.63) is 58.6 Å².